The molecular formula is C7H4Br2F3NO3S. The molecular weight excluding hydrogens is 395 g/mol. The van der Waals surface area contributed by atoms with Gasteiger partial charge in [0.15, 0.2) is 5.75 Å². The van der Waals surface area contributed by atoms with Crippen LogP contribution in [-0.2, 0) is 10.0 Å². The third-order valence-corrected chi connectivity index (χ3v) is 3.82. The Morgan fingerprint density at radius 3 is 2.18 bits per heavy atom. The van der Waals surface area contributed by atoms with E-state index in [2.05, 4.69) is 36.6 Å². The SMILES string of the molecule is NS(=O)(=O)c1c(Br)cc(Br)cc1OC(F)(F)F. The van der Waals surface area contributed by atoms with E-state index in [1.807, 2.05) is 0 Å². The Hall–Kier alpha value is -0.320. The van der Waals surface area contributed by atoms with Crippen molar-refractivity contribution in [1.82, 2.24) is 0 Å². The molecule has 0 radical (unpaired) electrons. The standard InChI is InChI=1S/C7H4Br2F3NO3S/c8-3-1-4(9)6(17(13,14)15)5(2-3)16-7(10,11)12/h1-2H,(H2,13,14,15). The van der Waals surface area contributed by atoms with Crippen LogP contribution in [0.1, 0.15) is 0 Å². The molecule has 0 saturated heterocycles. The first kappa shape index (κ1) is 14.7. The minimum atomic E-state index is -5.01. The average Bonchev–Trinajstić information content (AvgIpc) is 1.94. The van der Waals surface area contributed by atoms with Crippen molar-refractivity contribution in [2.24, 2.45) is 5.14 Å². The van der Waals surface area contributed by atoms with Gasteiger partial charge in [0.1, 0.15) is 4.90 Å². The van der Waals surface area contributed by atoms with Crippen molar-refractivity contribution >= 4 is 41.9 Å². The predicted molar refractivity (Wildman–Crippen MR) is 59.9 cm³/mol. The van der Waals surface area contributed by atoms with Crippen LogP contribution >= 0.6 is 31.9 Å². The van der Waals surface area contributed by atoms with Crippen molar-refractivity contribution in [3.05, 3.63) is 21.1 Å². The van der Waals surface area contributed by atoms with E-state index in [1.54, 1.807) is 0 Å². The van der Waals surface area contributed by atoms with Gasteiger partial charge in [-0.3, -0.25) is 0 Å². The maximum atomic E-state index is 12.1. The number of ether oxygens (including phenoxy) is 1. The van der Waals surface area contributed by atoms with Gasteiger partial charge in [-0.2, -0.15) is 0 Å². The number of alkyl halides is 3. The molecule has 0 heterocycles. The lowest BCUT2D eigenvalue weighted by Gasteiger charge is -2.13. The minimum absolute atomic E-state index is 0.131. The van der Waals surface area contributed by atoms with Crippen LogP contribution in [0.4, 0.5) is 13.2 Å². The quantitative estimate of drug-likeness (QED) is 0.832. The monoisotopic (exact) mass is 397 g/mol. The molecule has 0 unspecified atom stereocenters. The van der Waals surface area contributed by atoms with Crippen LogP contribution in [0, 0.1) is 0 Å². The number of nitrogens with two attached hydrogens (primary N) is 1. The molecule has 2 N–H and O–H groups in total. The highest BCUT2D eigenvalue weighted by Gasteiger charge is 2.34. The summed E-state index contributed by atoms with van der Waals surface area (Å²) in [5.74, 6) is -0.902. The molecule has 17 heavy (non-hydrogen) atoms. The van der Waals surface area contributed by atoms with Crippen molar-refractivity contribution in [3.8, 4) is 5.75 Å². The highest BCUT2D eigenvalue weighted by molar-refractivity contribution is 9.11. The number of halogens is 5. The van der Waals surface area contributed by atoms with E-state index in [0.717, 1.165) is 6.07 Å². The number of benzene rings is 1. The lowest BCUT2D eigenvalue weighted by atomic mass is 10.3. The third-order valence-electron chi connectivity index (χ3n) is 1.48. The topological polar surface area (TPSA) is 69.4 Å². The van der Waals surface area contributed by atoms with Crippen molar-refractivity contribution in [2.45, 2.75) is 11.3 Å². The summed E-state index contributed by atoms with van der Waals surface area (Å²) in [7, 11) is -4.35. The predicted octanol–water partition coefficient (Wildman–Crippen LogP) is 2.76. The van der Waals surface area contributed by atoms with E-state index < -0.39 is 27.0 Å². The molecule has 1 aromatic carbocycles. The van der Waals surface area contributed by atoms with Crippen LogP contribution in [0.2, 0.25) is 0 Å². The maximum absolute atomic E-state index is 12.1. The van der Waals surface area contributed by atoms with Gasteiger partial charge in [-0.25, -0.2) is 13.6 Å². The first-order chi connectivity index (χ1) is 7.50. The second-order valence-corrected chi connectivity index (χ2v) is 6.08. The Morgan fingerprint density at radius 2 is 1.76 bits per heavy atom. The summed E-state index contributed by atoms with van der Waals surface area (Å²) in [6.45, 7) is 0. The Balaban J connectivity index is 3.47. The summed E-state index contributed by atoms with van der Waals surface area (Å²) in [6, 6.07) is 2.10. The van der Waals surface area contributed by atoms with Gasteiger partial charge in [-0.1, -0.05) is 15.9 Å². The van der Waals surface area contributed by atoms with E-state index >= 15 is 0 Å². The molecule has 0 saturated carbocycles. The zero-order valence-corrected chi connectivity index (χ0v) is 11.7. The molecule has 0 aromatic heterocycles. The van der Waals surface area contributed by atoms with Gasteiger partial charge in [0, 0.05) is 8.95 Å². The molecule has 0 aliphatic heterocycles. The summed E-state index contributed by atoms with van der Waals surface area (Å²) in [5, 5.41) is 4.81. The summed E-state index contributed by atoms with van der Waals surface area (Å²) in [5.41, 5.74) is 0. The van der Waals surface area contributed by atoms with Crippen LogP contribution in [0.5, 0.6) is 5.75 Å². The second-order valence-electron chi connectivity index (χ2n) is 2.81. The lowest BCUT2D eigenvalue weighted by molar-refractivity contribution is -0.275. The normalized spacial score (nSPS) is 12.6. The first-order valence-electron chi connectivity index (χ1n) is 3.78. The lowest BCUT2D eigenvalue weighted by Crippen LogP contribution is -2.21. The fraction of sp³-hybridized carbons (Fsp3) is 0.143. The molecule has 0 fully saturated rings. The van der Waals surface area contributed by atoms with Gasteiger partial charge in [-0.15, -0.1) is 13.2 Å². The first-order valence-corrected chi connectivity index (χ1v) is 6.91. The van der Waals surface area contributed by atoms with Crippen LogP contribution in [-0.4, -0.2) is 14.8 Å². The van der Waals surface area contributed by atoms with Crippen LogP contribution < -0.4 is 9.88 Å². The number of primary sulfonamides is 1. The molecule has 1 rings (SSSR count). The van der Waals surface area contributed by atoms with Gasteiger partial charge in [0.25, 0.3) is 0 Å². The largest absolute Gasteiger partial charge is 0.573 e. The van der Waals surface area contributed by atoms with Gasteiger partial charge in [0.05, 0.1) is 0 Å². The van der Waals surface area contributed by atoms with Gasteiger partial charge in [-0.05, 0) is 28.1 Å². The molecule has 0 aliphatic carbocycles. The Kier molecular flexibility index (Phi) is 4.12. The maximum Gasteiger partial charge on any atom is 0.573 e. The van der Waals surface area contributed by atoms with E-state index in [-0.39, 0.29) is 8.95 Å². The van der Waals surface area contributed by atoms with E-state index in [0.29, 0.717) is 0 Å². The summed E-state index contributed by atoms with van der Waals surface area (Å²) in [6.07, 6.45) is -5.01. The van der Waals surface area contributed by atoms with Gasteiger partial charge >= 0.3 is 6.36 Å². The molecule has 96 valence electrons. The molecule has 1 aromatic rings. The molecule has 0 bridgehead atoms. The highest BCUT2D eigenvalue weighted by atomic mass is 79.9. The van der Waals surface area contributed by atoms with E-state index in [1.165, 1.54) is 6.07 Å². The van der Waals surface area contributed by atoms with E-state index in [9.17, 15) is 21.6 Å². The summed E-state index contributed by atoms with van der Waals surface area (Å²) in [4.78, 5) is -0.766. The molecule has 0 aliphatic rings. The zero-order valence-electron chi connectivity index (χ0n) is 7.75. The number of rotatable bonds is 2. The minimum Gasteiger partial charge on any atom is -0.404 e. The fourth-order valence-electron chi connectivity index (χ4n) is 1.01. The molecule has 0 amide bonds. The van der Waals surface area contributed by atoms with Crippen LogP contribution in [0.25, 0.3) is 0 Å². The third kappa shape index (κ3) is 4.12. The molecule has 0 atom stereocenters. The second kappa shape index (κ2) is 4.75. The van der Waals surface area contributed by atoms with Crippen molar-refractivity contribution in [2.75, 3.05) is 0 Å². The molecule has 0 spiro atoms. The number of sulfonamides is 1. The van der Waals surface area contributed by atoms with E-state index in [4.69, 9.17) is 5.14 Å². The van der Waals surface area contributed by atoms with Gasteiger partial charge in [0.2, 0.25) is 10.0 Å². The molecule has 4 nitrogen and oxygen atoms in total. The van der Waals surface area contributed by atoms with Gasteiger partial charge < -0.3 is 4.74 Å². The van der Waals surface area contributed by atoms with Crippen molar-refractivity contribution in [1.29, 1.82) is 0 Å². The Bertz CT molecular complexity index is 544. The summed E-state index contributed by atoms with van der Waals surface area (Å²) < 4.78 is 62.2. The molecule has 10 heteroatoms. The van der Waals surface area contributed by atoms with Crippen molar-refractivity contribution < 1.29 is 26.3 Å². The average molecular weight is 399 g/mol. The van der Waals surface area contributed by atoms with Crippen LogP contribution in [0.3, 0.4) is 0 Å². The number of hydrogen-bond donors (Lipinski definition) is 1. The number of hydrogen-bond acceptors (Lipinski definition) is 3. The Morgan fingerprint density at radius 1 is 1.24 bits per heavy atom. The zero-order chi connectivity index (χ0) is 13.4. The Labute approximate surface area is 111 Å². The van der Waals surface area contributed by atoms with Crippen molar-refractivity contribution in [3.63, 3.8) is 0 Å². The smallest absolute Gasteiger partial charge is 0.404 e. The highest BCUT2D eigenvalue weighted by Crippen LogP contribution is 2.37. The summed E-state index contributed by atoms with van der Waals surface area (Å²) >= 11 is 5.71. The van der Waals surface area contributed by atoms with Crippen LogP contribution in [0.15, 0.2) is 26.0 Å². The fourth-order valence-corrected chi connectivity index (χ4v) is 3.59.